The smallest absolute Gasteiger partial charge is 0.336 e. The van der Waals surface area contributed by atoms with Gasteiger partial charge in [-0.1, -0.05) is 18.9 Å². The Hall–Kier alpha value is -1.14. The summed E-state index contributed by atoms with van der Waals surface area (Å²) >= 11 is 1.02. The molecular formula is C13H16O4S2. The van der Waals surface area contributed by atoms with E-state index in [-0.39, 0.29) is 9.78 Å². The van der Waals surface area contributed by atoms with E-state index in [1.807, 2.05) is 0 Å². The van der Waals surface area contributed by atoms with Gasteiger partial charge in [-0.2, -0.15) is 0 Å². The van der Waals surface area contributed by atoms with Gasteiger partial charge in [-0.15, -0.1) is 11.3 Å². The Morgan fingerprint density at radius 1 is 1.37 bits per heavy atom. The van der Waals surface area contributed by atoms with E-state index < -0.39 is 15.8 Å². The summed E-state index contributed by atoms with van der Waals surface area (Å²) in [4.78, 5) is 11.8. The van der Waals surface area contributed by atoms with Crippen LogP contribution in [0.5, 0.6) is 0 Å². The molecule has 0 aliphatic heterocycles. The van der Waals surface area contributed by atoms with E-state index in [0.29, 0.717) is 10.8 Å². The van der Waals surface area contributed by atoms with Crippen molar-refractivity contribution < 1.29 is 18.3 Å². The molecule has 0 saturated heterocycles. The largest absolute Gasteiger partial charge is 0.478 e. The molecule has 6 heteroatoms. The van der Waals surface area contributed by atoms with Gasteiger partial charge in [-0.25, -0.2) is 13.2 Å². The fourth-order valence-electron chi connectivity index (χ4n) is 2.28. The maximum absolute atomic E-state index is 11.4. The highest BCUT2D eigenvalue weighted by Gasteiger charge is 2.20. The summed E-state index contributed by atoms with van der Waals surface area (Å²) in [5, 5.41) is 9.29. The van der Waals surface area contributed by atoms with Crippen molar-refractivity contribution in [2.75, 3.05) is 6.26 Å². The van der Waals surface area contributed by atoms with Crippen molar-refractivity contribution in [2.24, 2.45) is 5.92 Å². The first kappa shape index (κ1) is 14.3. The summed E-state index contributed by atoms with van der Waals surface area (Å²) in [6.07, 6.45) is 7.21. The summed E-state index contributed by atoms with van der Waals surface area (Å²) in [6, 6.07) is 3.05. The van der Waals surface area contributed by atoms with E-state index in [9.17, 15) is 18.3 Å². The molecule has 1 aliphatic rings. The number of thiophene rings is 1. The second kappa shape index (κ2) is 5.46. The van der Waals surface area contributed by atoms with Gasteiger partial charge >= 0.3 is 5.97 Å². The fourth-order valence-corrected chi connectivity index (χ4v) is 4.23. The van der Waals surface area contributed by atoms with E-state index in [0.717, 1.165) is 43.3 Å². The quantitative estimate of drug-likeness (QED) is 0.868. The van der Waals surface area contributed by atoms with Gasteiger partial charge in [-0.3, -0.25) is 0 Å². The molecule has 1 N–H and O–H groups in total. The zero-order valence-corrected chi connectivity index (χ0v) is 12.3. The Bertz CT molecular complexity index is 604. The minimum Gasteiger partial charge on any atom is -0.478 e. The topological polar surface area (TPSA) is 71.4 Å². The van der Waals surface area contributed by atoms with E-state index in [4.69, 9.17) is 0 Å². The number of sulfone groups is 1. The second-order valence-electron chi connectivity index (χ2n) is 4.82. The highest BCUT2D eigenvalue weighted by atomic mass is 32.2. The van der Waals surface area contributed by atoms with Crippen molar-refractivity contribution >= 4 is 32.7 Å². The van der Waals surface area contributed by atoms with Crippen LogP contribution >= 0.6 is 11.3 Å². The number of hydrogen-bond donors (Lipinski definition) is 1. The predicted molar refractivity (Wildman–Crippen MR) is 75.0 cm³/mol. The van der Waals surface area contributed by atoms with Crippen LogP contribution in [0, 0.1) is 5.92 Å². The number of allylic oxidation sites excluding steroid dienone is 1. The monoisotopic (exact) mass is 300 g/mol. The molecule has 0 aromatic carbocycles. The first-order chi connectivity index (χ1) is 8.88. The van der Waals surface area contributed by atoms with Crippen LogP contribution in [0.15, 0.2) is 22.4 Å². The summed E-state index contributed by atoms with van der Waals surface area (Å²) in [5.74, 6) is -0.691. The number of carbonyl (C=O) groups is 1. The lowest BCUT2D eigenvalue weighted by Crippen LogP contribution is -2.01. The molecule has 0 radical (unpaired) electrons. The maximum Gasteiger partial charge on any atom is 0.336 e. The molecule has 4 nitrogen and oxygen atoms in total. The lowest BCUT2D eigenvalue weighted by atomic mass is 10.0. The minimum atomic E-state index is -3.27. The Morgan fingerprint density at radius 2 is 2.00 bits per heavy atom. The van der Waals surface area contributed by atoms with Gasteiger partial charge in [0.15, 0.2) is 9.84 Å². The number of carboxylic acids is 1. The van der Waals surface area contributed by atoms with Gasteiger partial charge in [0.05, 0.1) is 5.57 Å². The molecule has 1 aromatic rings. The molecule has 1 aromatic heterocycles. The Labute approximate surface area is 116 Å². The van der Waals surface area contributed by atoms with E-state index in [1.54, 1.807) is 12.1 Å². The minimum absolute atomic E-state index is 0.209. The molecule has 0 bridgehead atoms. The van der Waals surface area contributed by atoms with Crippen LogP contribution in [0.2, 0.25) is 0 Å². The van der Waals surface area contributed by atoms with Crippen LogP contribution in [0.1, 0.15) is 30.6 Å². The maximum atomic E-state index is 11.4. The van der Waals surface area contributed by atoms with Crippen molar-refractivity contribution in [3.63, 3.8) is 0 Å². The summed E-state index contributed by atoms with van der Waals surface area (Å²) in [5.41, 5.74) is 0.229. The molecule has 104 valence electrons. The van der Waals surface area contributed by atoms with Gasteiger partial charge < -0.3 is 5.11 Å². The Balaban J connectivity index is 2.34. The van der Waals surface area contributed by atoms with Crippen molar-refractivity contribution in [1.29, 1.82) is 0 Å². The summed E-state index contributed by atoms with van der Waals surface area (Å²) in [7, 11) is -3.27. The third-order valence-corrected chi connectivity index (χ3v) is 6.18. The first-order valence-electron chi connectivity index (χ1n) is 6.13. The van der Waals surface area contributed by atoms with Crippen LogP contribution in [0.25, 0.3) is 5.57 Å². The molecule has 1 saturated carbocycles. The average molecular weight is 300 g/mol. The van der Waals surface area contributed by atoms with Gasteiger partial charge in [0, 0.05) is 11.1 Å². The molecular weight excluding hydrogens is 284 g/mol. The molecule has 2 rings (SSSR count). The van der Waals surface area contributed by atoms with Crippen LogP contribution in [0.3, 0.4) is 0 Å². The normalized spacial score (nSPS) is 17.8. The lowest BCUT2D eigenvalue weighted by Gasteiger charge is -2.04. The van der Waals surface area contributed by atoms with Gasteiger partial charge in [-0.05, 0) is 30.9 Å². The molecule has 1 fully saturated rings. The van der Waals surface area contributed by atoms with Crippen LogP contribution in [0.4, 0.5) is 0 Å². The lowest BCUT2D eigenvalue weighted by molar-refractivity contribution is -0.130. The Kier molecular flexibility index (Phi) is 4.10. The third-order valence-electron chi connectivity index (χ3n) is 3.24. The van der Waals surface area contributed by atoms with Crippen molar-refractivity contribution in [3.8, 4) is 0 Å². The molecule has 0 spiro atoms. The number of rotatable bonds is 4. The predicted octanol–water partition coefficient (Wildman–Crippen LogP) is 2.81. The average Bonchev–Trinajstić information content (AvgIpc) is 2.95. The molecule has 0 unspecified atom stereocenters. The second-order valence-corrected chi connectivity index (χ2v) is 8.15. The van der Waals surface area contributed by atoms with Gasteiger partial charge in [0.25, 0.3) is 0 Å². The Morgan fingerprint density at radius 3 is 2.47 bits per heavy atom. The van der Waals surface area contributed by atoms with Crippen molar-refractivity contribution in [3.05, 3.63) is 23.1 Å². The van der Waals surface area contributed by atoms with Crippen LogP contribution < -0.4 is 0 Å². The molecule has 1 heterocycles. The summed E-state index contributed by atoms with van der Waals surface area (Å²) < 4.78 is 23.1. The zero-order chi connectivity index (χ0) is 14.0. The zero-order valence-electron chi connectivity index (χ0n) is 10.6. The highest BCUT2D eigenvalue weighted by molar-refractivity contribution is 7.92. The van der Waals surface area contributed by atoms with E-state index in [1.165, 1.54) is 6.07 Å². The number of hydrogen-bond acceptors (Lipinski definition) is 4. The van der Waals surface area contributed by atoms with Crippen LogP contribution in [-0.4, -0.2) is 25.7 Å². The highest BCUT2D eigenvalue weighted by Crippen LogP contribution is 2.32. The van der Waals surface area contributed by atoms with Crippen molar-refractivity contribution in [1.82, 2.24) is 0 Å². The van der Waals surface area contributed by atoms with E-state index >= 15 is 0 Å². The molecule has 0 atom stereocenters. The van der Waals surface area contributed by atoms with E-state index in [2.05, 4.69) is 0 Å². The van der Waals surface area contributed by atoms with Crippen molar-refractivity contribution in [2.45, 2.75) is 29.9 Å². The van der Waals surface area contributed by atoms with Gasteiger partial charge in [0.2, 0.25) is 0 Å². The van der Waals surface area contributed by atoms with Gasteiger partial charge in [0.1, 0.15) is 4.21 Å². The standard InChI is InChI=1S/C13H16O4S2/c1-19(16,17)12-7-6-11(18-12)10(13(14)15)8-9-4-2-3-5-9/h6-9H,2-5H2,1H3,(H,14,15)/b10-8-. The fraction of sp³-hybridized carbons (Fsp3) is 0.462. The first-order valence-corrected chi connectivity index (χ1v) is 8.84. The number of aliphatic carboxylic acids is 1. The SMILES string of the molecule is CS(=O)(=O)c1ccc(/C(=C/C2CCCC2)C(=O)O)s1. The number of carboxylic acid groups (broad SMARTS) is 1. The summed E-state index contributed by atoms with van der Waals surface area (Å²) in [6.45, 7) is 0. The third kappa shape index (κ3) is 3.45. The molecule has 19 heavy (non-hydrogen) atoms. The molecule has 1 aliphatic carbocycles. The molecule has 0 amide bonds. The van der Waals surface area contributed by atoms with Crippen LogP contribution in [-0.2, 0) is 14.6 Å².